The lowest BCUT2D eigenvalue weighted by molar-refractivity contribution is -0.118. The number of carbonyl (C=O) groups is 1. The molecular formula is C22H18ClN3O3S. The Morgan fingerprint density at radius 2 is 1.90 bits per heavy atom. The maximum Gasteiger partial charge on any atom is 0.239 e. The van der Waals surface area contributed by atoms with Crippen molar-refractivity contribution in [2.45, 2.75) is 11.7 Å². The van der Waals surface area contributed by atoms with Crippen LogP contribution in [0.1, 0.15) is 11.3 Å². The third-order valence-electron chi connectivity index (χ3n) is 4.45. The molecule has 1 aromatic heterocycles. The summed E-state index contributed by atoms with van der Waals surface area (Å²) in [6.45, 7) is 0. The van der Waals surface area contributed by atoms with Gasteiger partial charge in [0.1, 0.15) is 17.3 Å². The second kappa shape index (κ2) is 9.19. The summed E-state index contributed by atoms with van der Waals surface area (Å²) in [4.78, 5) is 12.2. The van der Waals surface area contributed by atoms with Gasteiger partial charge in [-0.3, -0.25) is 4.79 Å². The van der Waals surface area contributed by atoms with E-state index in [4.69, 9.17) is 20.8 Å². The van der Waals surface area contributed by atoms with E-state index in [2.05, 4.69) is 15.5 Å². The smallest absolute Gasteiger partial charge is 0.239 e. The number of thioether (sulfide) groups is 1. The molecule has 6 nitrogen and oxygen atoms in total. The molecule has 0 spiro atoms. The predicted octanol–water partition coefficient (Wildman–Crippen LogP) is 4.77. The van der Waals surface area contributed by atoms with E-state index >= 15 is 0 Å². The average Bonchev–Trinajstić information content (AvgIpc) is 3.36. The highest BCUT2D eigenvalue weighted by atomic mass is 35.5. The second-order valence-corrected chi connectivity index (χ2v) is 8.13. The van der Waals surface area contributed by atoms with Crippen molar-refractivity contribution in [2.75, 3.05) is 7.11 Å². The summed E-state index contributed by atoms with van der Waals surface area (Å²) in [7, 11) is 1.62. The van der Waals surface area contributed by atoms with Gasteiger partial charge < -0.3 is 14.5 Å². The third kappa shape index (κ3) is 4.93. The molecule has 152 valence electrons. The van der Waals surface area contributed by atoms with Crippen LogP contribution in [-0.4, -0.2) is 29.6 Å². The van der Waals surface area contributed by atoms with E-state index in [1.807, 2.05) is 54.6 Å². The number of ether oxygens (including phenoxy) is 1. The zero-order valence-corrected chi connectivity index (χ0v) is 17.6. The molecular weight excluding hydrogens is 422 g/mol. The number of methoxy groups -OCH3 is 1. The molecule has 1 N–H and O–H groups in total. The molecule has 3 aromatic rings. The first-order valence-electron chi connectivity index (χ1n) is 9.18. The molecule has 2 aromatic carbocycles. The summed E-state index contributed by atoms with van der Waals surface area (Å²) in [5.41, 5.74) is 1.98. The number of benzene rings is 2. The lowest BCUT2D eigenvalue weighted by Gasteiger charge is -2.06. The largest absolute Gasteiger partial charge is 0.497 e. The Morgan fingerprint density at radius 1 is 1.13 bits per heavy atom. The van der Waals surface area contributed by atoms with Crippen LogP contribution in [0.15, 0.2) is 75.3 Å². The van der Waals surface area contributed by atoms with Crippen molar-refractivity contribution in [1.82, 2.24) is 5.32 Å². The summed E-state index contributed by atoms with van der Waals surface area (Å²) < 4.78 is 10.9. The number of hydrogen-bond donors (Lipinski definition) is 1. The van der Waals surface area contributed by atoms with E-state index in [1.54, 1.807) is 13.2 Å². The van der Waals surface area contributed by atoms with Gasteiger partial charge in [0.25, 0.3) is 0 Å². The van der Waals surface area contributed by atoms with Crippen molar-refractivity contribution in [1.29, 1.82) is 0 Å². The molecule has 1 saturated heterocycles. The molecule has 1 fully saturated rings. The van der Waals surface area contributed by atoms with Gasteiger partial charge in [0, 0.05) is 10.6 Å². The average molecular weight is 440 g/mol. The highest BCUT2D eigenvalue weighted by Gasteiger charge is 2.30. The molecule has 0 aliphatic carbocycles. The lowest BCUT2D eigenvalue weighted by atomic mass is 10.1. The van der Waals surface area contributed by atoms with Crippen LogP contribution in [-0.2, 0) is 11.2 Å². The summed E-state index contributed by atoms with van der Waals surface area (Å²) >= 11 is 7.27. The number of furan rings is 1. The highest BCUT2D eigenvalue weighted by molar-refractivity contribution is 8.15. The van der Waals surface area contributed by atoms with Crippen LogP contribution in [0.25, 0.3) is 11.3 Å². The van der Waals surface area contributed by atoms with Gasteiger partial charge in [0.2, 0.25) is 5.91 Å². The zero-order valence-electron chi connectivity index (χ0n) is 16.0. The van der Waals surface area contributed by atoms with Gasteiger partial charge in [-0.1, -0.05) is 35.5 Å². The minimum atomic E-state index is -0.243. The Balaban J connectivity index is 1.36. The molecule has 0 saturated carbocycles. The number of nitrogens with one attached hydrogen (secondary N) is 1. The van der Waals surface area contributed by atoms with E-state index in [0.29, 0.717) is 28.1 Å². The summed E-state index contributed by atoms with van der Waals surface area (Å²) in [6, 6.07) is 18.7. The highest BCUT2D eigenvalue weighted by Crippen LogP contribution is 2.25. The molecule has 1 amide bonds. The van der Waals surface area contributed by atoms with Crippen molar-refractivity contribution in [3.05, 3.63) is 77.0 Å². The molecule has 30 heavy (non-hydrogen) atoms. The number of halogens is 1. The Bertz CT molecular complexity index is 1090. The fourth-order valence-corrected chi connectivity index (χ4v) is 3.98. The molecule has 1 aliphatic rings. The van der Waals surface area contributed by atoms with Gasteiger partial charge >= 0.3 is 0 Å². The molecule has 1 atom stereocenters. The summed E-state index contributed by atoms with van der Waals surface area (Å²) in [5, 5.41) is 11.8. The van der Waals surface area contributed by atoms with E-state index in [1.165, 1.54) is 18.0 Å². The Hall–Kier alpha value is -3.03. The topological polar surface area (TPSA) is 76.2 Å². The van der Waals surface area contributed by atoms with Crippen molar-refractivity contribution in [3.63, 3.8) is 0 Å². The Labute approximate surface area is 183 Å². The van der Waals surface area contributed by atoms with Gasteiger partial charge in [-0.25, -0.2) is 0 Å². The fraction of sp³-hybridized carbons (Fsp3) is 0.136. The molecule has 0 radical (unpaired) electrons. The third-order valence-corrected chi connectivity index (χ3v) is 5.77. The van der Waals surface area contributed by atoms with Crippen LogP contribution >= 0.6 is 23.4 Å². The van der Waals surface area contributed by atoms with Crippen LogP contribution in [0, 0.1) is 0 Å². The van der Waals surface area contributed by atoms with Crippen molar-refractivity contribution in [3.8, 4) is 17.1 Å². The van der Waals surface area contributed by atoms with Gasteiger partial charge in [-0.2, -0.15) is 5.10 Å². The Kier molecular flexibility index (Phi) is 6.21. The molecule has 8 heteroatoms. The SMILES string of the molecule is COc1ccc(C[C@@H]2S/C(=N/N=C\c3ccc(-c4ccc(Cl)cc4)o3)NC2=O)cc1. The molecule has 4 rings (SSSR count). The van der Waals surface area contributed by atoms with Crippen LogP contribution in [0.3, 0.4) is 0 Å². The number of hydrogen-bond acceptors (Lipinski definition) is 6. The summed E-state index contributed by atoms with van der Waals surface area (Å²) in [6.07, 6.45) is 2.11. The number of nitrogens with zero attached hydrogens (tertiary/aromatic N) is 2. The number of amidine groups is 1. The number of carbonyl (C=O) groups excluding carboxylic acids is 1. The van der Waals surface area contributed by atoms with Crippen molar-refractivity contribution in [2.24, 2.45) is 10.2 Å². The first-order valence-corrected chi connectivity index (χ1v) is 10.4. The van der Waals surface area contributed by atoms with Gasteiger partial charge in [-0.05, 0) is 60.5 Å². The number of amides is 1. The quantitative estimate of drug-likeness (QED) is 0.443. The summed E-state index contributed by atoms with van der Waals surface area (Å²) in [5.74, 6) is 1.99. The van der Waals surface area contributed by atoms with E-state index < -0.39 is 0 Å². The maximum absolute atomic E-state index is 12.2. The predicted molar refractivity (Wildman–Crippen MR) is 120 cm³/mol. The second-order valence-electron chi connectivity index (χ2n) is 6.51. The van der Waals surface area contributed by atoms with Crippen LogP contribution in [0.5, 0.6) is 5.75 Å². The lowest BCUT2D eigenvalue weighted by Crippen LogP contribution is -2.25. The van der Waals surface area contributed by atoms with Gasteiger partial charge in [-0.15, -0.1) is 5.10 Å². The molecule has 0 bridgehead atoms. The fourth-order valence-electron chi connectivity index (χ4n) is 2.89. The minimum Gasteiger partial charge on any atom is -0.497 e. The minimum absolute atomic E-state index is 0.0761. The van der Waals surface area contributed by atoms with Crippen molar-refractivity contribution >= 4 is 40.7 Å². The van der Waals surface area contributed by atoms with Gasteiger partial charge in [0.15, 0.2) is 5.17 Å². The number of rotatable bonds is 6. The molecule has 0 unspecified atom stereocenters. The van der Waals surface area contributed by atoms with Gasteiger partial charge in [0.05, 0.1) is 18.6 Å². The van der Waals surface area contributed by atoms with E-state index in [9.17, 15) is 4.79 Å². The van der Waals surface area contributed by atoms with Crippen LogP contribution in [0.2, 0.25) is 5.02 Å². The van der Waals surface area contributed by atoms with Crippen LogP contribution < -0.4 is 10.1 Å². The standard InChI is InChI=1S/C22H18ClN3O3S/c1-28-17-8-2-14(3-9-17)12-20-21(27)25-22(30-20)26-24-13-18-10-11-19(29-18)15-4-6-16(23)7-5-15/h2-11,13,20H,12H2,1H3,(H,25,26,27)/b24-13-/t20-/m0/s1. The monoisotopic (exact) mass is 439 g/mol. The first kappa shape index (κ1) is 20.3. The first-order chi connectivity index (χ1) is 14.6. The van der Waals surface area contributed by atoms with E-state index in [-0.39, 0.29) is 11.2 Å². The zero-order chi connectivity index (χ0) is 20.9. The van der Waals surface area contributed by atoms with E-state index in [0.717, 1.165) is 16.9 Å². The normalized spacial score (nSPS) is 17.6. The van der Waals surface area contributed by atoms with Crippen molar-refractivity contribution < 1.29 is 13.9 Å². The molecule has 2 heterocycles. The van der Waals surface area contributed by atoms with Crippen LogP contribution in [0.4, 0.5) is 0 Å². The molecule has 1 aliphatic heterocycles. The maximum atomic E-state index is 12.2. The Morgan fingerprint density at radius 3 is 2.63 bits per heavy atom.